The molecule has 3 N–H and O–H groups in total. The average molecular weight is 329 g/mol. The van der Waals surface area contributed by atoms with Crippen LogP contribution in [0, 0.1) is 6.92 Å². The van der Waals surface area contributed by atoms with E-state index in [1.165, 1.54) is 12.1 Å². The second-order valence-corrected chi connectivity index (χ2v) is 5.62. The van der Waals surface area contributed by atoms with Gasteiger partial charge in [-0.3, -0.25) is 4.79 Å². The van der Waals surface area contributed by atoms with Gasteiger partial charge in [-0.25, -0.2) is 0 Å². The molecule has 0 fully saturated rings. The van der Waals surface area contributed by atoms with Crippen molar-refractivity contribution in [2.75, 3.05) is 13.2 Å². The van der Waals surface area contributed by atoms with E-state index in [0.717, 1.165) is 28.9 Å². The molecule has 0 aliphatic carbocycles. The van der Waals surface area contributed by atoms with Crippen molar-refractivity contribution < 1.29 is 19.7 Å². The van der Waals surface area contributed by atoms with Crippen molar-refractivity contribution in [2.24, 2.45) is 0 Å². The molecule has 0 aromatic heterocycles. The number of nitrogens with one attached hydrogen (secondary N) is 1. The molecule has 2 aromatic carbocycles. The molecular weight excluding hydrogens is 306 g/mol. The highest BCUT2D eigenvalue weighted by Gasteiger charge is 2.08. The minimum Gasteiger partial charge on any atom is -0.504 e. The lowest BCUT2D eigenvalue weighted by Gasteiger charge is -2.11. The number of phenolic OH excluding ortho intramolecular Hbond substituents is 2. The minimum atomic E-state index is -0.193. The number of amides is 1. The van der Waals surface area contributed by atoms with Gasteiger partial charge in [0.1, 0.15) is 5.75 Å². The van der Waals surface area contributed by atoms with Crippen LogP contribution in [-0.2, 0) is 17.6 Å². The van der Waals surface area contributed by atoms with Crippen LogP contribution in [0.5, 0.6) is 17.2 Å². The maximum atomic E-state index is 11.9. The Morgan fingerprint density at radius 1 is 1.12 bits per heavy atom. The Kier molecular flexibility index (Phi) is 6.07. The normalized spacial score (nSPS) is 10.4. The van der Waals surface area contributed by atoms with Gasteiger partial charge in [0.05, 0.1) is 0 Å². The molecule has 0 saturated carbocycles. The van der Waals surface area contributed by atoms with Crippen LogP contribution in [0.2, 0.25) is 0 Å². The summed E-state index contributed by atoms with van der Waals surface area (Å²) in [6.07, 6.45) is 1.42. The highest BCUT2D eigenvalue weighted by Crippen LogP contribution is 2.28. The summed E-state index contributed by atoms with van der Waals surface area (Å²) in [4.78, 5) is 11.9. The molecule has 5 nitrogen and oxygen atoms in total. The monoisotopic (exact) mass is 329 g/mol. The lowest BCUT2D eigenvalue weighted by molar-refractivity contribution is -0.123. The van der Waals surface area contributed by atoms with E-state index < -0.39 is 0 Å². The fourth-order valence-corrected chi connectivity index (χ4v) is 2.46. The molecule has 0 bridgehead atoms. The Hall–Kier alpha value is -2.69. The maximum Gasteiger partial charge on any atom is 0.257 e. The number of carbonyl (C=O) groups excluding carboxylic acids is 1. The Balaban J connectivity index is 1.80. The van der Waals surface area contributed by atoms with E-state index in [2.05, 4.69) is 5.32 Å². The molecule has 1 amide bonds. The summed E-state index contributed by atoms with van der Waals surface area (Å²) in [5.74, 6) is 0.251. The summed E-state index contributed by atoms with van der Waals surface area (Å²) >= 11 is 0. The third-order valence-electron chi connectivity index (χ3n) is 3.86. The smallest absolute Gasteiger partial charge is 0.257 e. The molecule has 0 radical (unpaired) electrons. The third-order valence-corrected chi connectivity index (χ3v) is 3.86. The van der Waals surface area contributed by atoms with Gasteiger partial charge in [-0.1, -0.05) is 25.1 Å². The Bertz CT molecular complexity index is 713. The van der Waals surface area contributed by atoms with Crippen LogP contribution in [0.4, 0.5) is 0 Å². The molecule has 0 aliphatic rings. The van der Waals surface area contributed by atoms with Crippen molar-refractivity contribution in [3.8, 4) is 17.2 Å². The van der Waals surface area contributed by atoms with Gasteiger partial charge in [0, 0.05) is 6.54 Å². The van der Waals surface area contributed by atoms with Crippen molar-refractivity contribution in [1.82, 2.24) is 5.32 Å². The number of phenols is 2. The lowest BCUT2D eigenvalue weighted by Crippen LogP contribution is -2.30. The van der Waals surface area contributed by atoms with E-state index in [4.69, 9.17) is 4.74 Å². The first-order valence-corrected chi connectivity index (χ1v) is 8.00. The van der Waals surface area contributed by atoms with Gasteiger partial charge in [0.2, 0.25) is 0 Å². The molecule has 0 aliphatic heterocycles. The molecule has 24 heavy (non-hydrogen) atoms. The van der Waals surface area contributed by atoms with Crippen LogP contribution in [0.15, 0.2) is 36.4 Å². The van der Waals surface area contributed by atoms with Gasteiger partial charge in [0.25, 0.3) is 5.91 Å². The molecule has 0 saturated heterocycles. The molecule has 0 spiro atoms. The van der Waals surface area contributed by atoms with E-state index in [0.29, 0.717) is 13.0 Å². The summed E-state index contributed by atoms with van der Waals surface area (Å²) in [6.45, 7) is 4.29. The van der Waals surface area contributed by atoms with Crippen LogP contribution < -0.4 is 10.1 Å². The minimum absolute atomic E-state index is 0.0309. The summed E-state index contributed by atoms with van der Waals surface area (Å²) < 4.78 is 5.57. The topological polar surface area (TPSA) is 78.8 Å². The predicted octanol–water partition coefficient (Wildman–Crippen LogP) is 2.71. The highest BCUT2D eigenvalue weighted by molar-refractivity contribution is 5.77. The number of rotatable bonds is 7. The number of benzene rings is 2. The van der Waals surface area contributed by atoms with E-state index in [1.807, 2.05) is 38.1 Å². The fraction of sp³-hybridized carbons (Fsp3) is 0.316. The number of aromatic hydroxyl groups is 2. The molecule has 0 atom stereocenters. The highest BCUT2D eigenvalue weighted by atomic mass is 16.5. The largest absolute Gasteiger partial charge is 0.504 e. The summed E-state index contributed by atoms with van der Waals surface area (Å²) in [6, 6.07) is 10.7. The zero-order valence-electron chi connectivity index (χ0n) is 14.0. The van der Waals surface area contributed by atoms with E-state index in [-0.39, 0.29) is 24.0 Å². The number of carbonyl (C=O) groups is 1. The molecule has 0 heterocycles. The summed E-state index contributed by atoms with van der Waals surface area (Å²) in [7, 11) is 0. The van der Waals surface area contributed by atoms with Crippen molar-refractivity contribution in [1.29, 1.82) is 0 Å². The summed E-state index contributed by atoms with van der Waals surface area (Å²) in [5, 5.41) is 21.8. The SMILES string of the molecule is CCc1ccccc1OCC(=O)NCCc1cc(O)c(O)cc1C. The van der Waals surface area contributed by atoms with Crippen molar-refractivity contribution in [3.05, 3.63) is 53.1 Å². The number of hydrogen-bond donors (Lipinski definition) is 3. The number of aryl methyl sites for hydroxylation is 2. The summed E-state index contributed by atoms with van der Waals surface area (Å²) in [5.41, 5.74) is 2.82. The first-order chi connectivity index (χ1) is 11.5. The van der Waals surface area contributed by atoms with Gasteiger partial charge in [-0.2, -0.15) is 0 Å². The maximum absolute atomic E-state index is 11.9. The van der Waals surface area contributed by atoms with Crippen molar-refractivity contribution in [3.63, 3.8) is 0 Å². The van der Waals surface area contributed by atoms with Crippen LogP contribution in [0.25, 0.3) is 0 Å². The van der Waals surface area contributed by atoms with Crippen LogP contribution in [0.3, 0.4) is 0 Å². The molecule has 2 aromatic rings. The van der Waals surface area contributed by atoms with Gasteiger partial charge < -0.3 is 20.3 Å². The first kappa shape index (κ1) is 17.7. The van der Waals surface area contributed by atoms with E-state index >= 15 is 0 Å². The van der Waals surface area contributed by atoms with Crippen molar-refractivity contribution >= 4 is 5.91 Å². The zero-order valence-corrected chi connectivity index (χ0v) is 14.0. The quantitative estimate of drug-likeness (QED) is 0.683. The van der Waals surface area contributed by atoms with Gasteiger partial charge in [-0.15, -0.1) is 0 Å². The Morgan fingerprint density at radius 3 is 2.58 bits per heavy atom. The Morgan fingerprint density at radius 2 is 1.83 bits per heavy atom. The lowest BCUT2D eigenvalue weighted by atomic mass is 10.0. The standard InChI is InChI=1S/C19H23NO4/c1-3-14-6-4-5-7-18(14)24-12-19(23)20-9-8-15-11-17(22)16(21)10-13(15)2/h4-7,10-11,21-22H,3,8-9,12H2,1-2H3,(H,20,23). The van der Waals surface area contributed by atoms with E-state index in [1.54, 1.807) is 0 Å². The molecule has 128 valence electrons. The van der Waals surface area contributed by atoms with Gasteiger partial charge in [0.15, 0.2) is 18.1 Å². The zero-order chi connectivity index (χ0) is 17.5. The molecule has 2 rings (SSSR count). The van der Waals surface area contributed by atoms with Gasteiger partial charge >= 0.3 is 0 Å². The number of hydrogen-bond acceptors (Lipinski definition) is 4. The first-order valence-electron chi connectivity index (χ1n) is 8.00. The second kappa shape index (κ2) is 8.24. The predicted molar refractivity (Wildman–Crippen MR) is 92.5 cm³/mol. The van der Waals surface area contributed by atoms with Crippen molar-refractivity contribution in [2.45, 2.75) is 26.7 Å². The molecule has 5 heteroatoms. The van der Waals surface area contributed by atoms with Crippen LogP contribution >= 0.6 is 0 Å². The number of para-hydroxylation sites is 1. The van der Waals surface area contributed by atoms with Crippen LogP contribution in [0.1, 0.15) is 23.6 Å². The third kappa shape index (κ3) is 4.65. The molecule has 0 unspecified atom stereocenters. The Labute approximate surface area is 141 Å². The molecular formula is C19H23NO4. The average Bonchev–Trinajstić information content (AvgIpc) is 2.57. The second-order valence-electron chi connectivity index (χ2n) is 5.62. The van der Waals surface area contributed by atoms with E-state index in [9.17, 15) is 15.0 Å². The van der Waals surface area contributed by atoms with Gasteiger partial charge in [-0.05, 0) is 54.7 Å². The van der Waals surface area contributed by atoms with Crippen LogP contribution in [-0.4, -0.2) is 29.3 Å². The fourth-order valence-electron chi connectivity index (χ4n) is 2.46. The number of ether oxygens (including phenoxy) is 1.